The molecular formula is C20H20F3N3O4. The minimum Gasteiger partial charge on any atom is -0.449 e. The van der Waals surface area contributed by atoms with Crippen LogP contribution >= 0.6 is 0 Å². The highest BCUT2D eigenvalue weighted by atomic mass is 19.4. The van der Waals surface area contributed by atoms with Crippen LogP contribution in [-0.2, 0) is 10.9 Å². The Balaban J connectivity index is 1.85. The van der Waals surface area contributed by atoms with Gasteiger partial charge in [0.1, 0.15) is 0 Å². The van der Waals surface area contributed by atoms with E-state index in [0.717, 1.165) is 16.7 Å². The number of amides is 2. The van der Waals surface area contributed by atoms with Gasteiger partial charge in [-0.15, -0.1) is 0 Å². The molecular weight excluding hydrogens is 403 g/mol. The molecule has 7 nitrogen and oxygen atoms in total. The molecule has 160 valence electrons. The number of morpholine rings is 1. The van der Waals surface area contributed by atoms with E-state index in [1.54, 1.807) is 4.90 Å². The molecule has 1 saturated heterocycles. The molecule has 1 aliphatic rings. The highest BCUT2D eigenvalue weighted by Crippen LogP contribution is 2.36. The number of nitrogens with zero attached hydrogens (tertiary/aromatic N) is 2. The molecule has 2 amide bonds. The lowest BCUT2D eigenvalue weighted by Crippen LogP contribution is -2.40. The van der Waals surface area contributed by atoms with Crippen molar-refractivity contribution in [2.45, 2.75) is 19.5 Å². The third-order valence-electron chi connectivity index (χ3n) is 5.00. The van der Waals surface area contributed by atoms with E-state index in [2.05, 4.69) is 5.32 Å². The summed E-state index contributed by atoms with van der Waals surface area (Å²) in [6.07, 6.45) is -3.89. The fraction of sp³-hybridized carbons (Fsp3) is 0.400. The van der Waals surface area contributed by atoms with Crippen LogP contribution in [0, 0.1) is 0 Å². The first-order chi connectivity index (χ1) is 14.3. The van der Waals surface area contributed by atoms with Crippen molar-refractivity contribution in [3.63, 3.8) is 0 Å². The second-order valence-electron chi connectivity index (χ2n) is 7.03. The SMILES string of the molecule is CCCNC(=O)n1c2cc(C(F)(F)F)ccc2c2oc(C(=O)N3CCOCC3)cc21. The molecule has 0 saturated carbocycles. The monoisotopic (exact) mass is 423 g/mol. The van der Waals surface area contributed by atoms with E-state index in [4.69, 9.17) is 9.15 Å². The number of halogens is 3. The number of ether oxygens (including phenoxy) is 1. The molecule has 3 aromatic rings. The molecule has 1 aliphatic heterocycles. The number of alkyl halides is 3. The molecule has 0 atom stereocenters. The topological polar surface area (TPSA) is 76.7 Å². The van der Waals surface area contributed by atoms with Gasteiger partial charge in [0.25, 0.3) is 5.91 Å². The number of carbonyl (C=O) groups is 2. The summed E-state index contributed by atoms with van der Waals surface area (Å²) in [5.74, 6) is -0.323. The standard InChI is InChI=1S/C20H20F3N3O4/c1-2-5-24-19(28)26-14-10-12(20(21,22)23)3-4-13(14)17-15(26)11-16(30-17)18(27)25-6-8-29-9-7-25/h3-4,10-11H,2,5-9H2,1H3,(H,24,28). The minimum absolute atomic E-state index is 0.0285. The fourth-order valence-corrected chi connectivity index (χ4v) is 3.51. The zero-order valence-corrected chi connectivity index (χ0v) is 16.2. The number of aromatic nitrogens is 1. The van der Waals surface area contributed by atoms with Gasteiger partial charge in [0.15, 0.2) is 11.3 Å². The van der Waals surface area contributed by atoms with Gasteiger partial charge in [0.05, 0.1) is 29.8 Å². The Bertz CT molecular complexity index is 1110. The van der Waals surface area contributed by atoms with Crippen molar-refractivity contribution in [2.75, 3.05) is 32.8 Å². The number of nitrogens with one attached hydrogen (secondary N) is 1. The Morgan fingerprint density at radius 3 is 2.53 bits per heavy atom. The van der Waals surface area contributed by atoms with Crippen LogP contribution in [0.15, 0.2) is 28.7 Å². The molecule has 3 heterocycles. The van der Waals surface area contributed by atoms with Crippen molar-refractivity contribution in [2.24, 2.45) is 0 Å². The smallest absolute Gasteiger partial charge is 0.416 e. The van der Waals surface area contributed by atoms with Gasteiger partial charge in [-0.3, -0.25) is 9.36 Å². The van der Waals surface area contributed by atoms with Gasteiger partial charge >= 0.3 is 12.2 Å². The molecule has 1 N–H and O–H groups in total. The van der Waals surface area contributed by atoms with Crippen molar-refractivity contribution in [1.82, 2.24) is 14.8 Å². The summed E-state index contributed by atoms with van der Waals surface area (Å²) < 4.78 is 51.8. The number of fused-ring (bicyclic) bond motifs is 3. The highest BCUT2D eigenvalue weighted by Gasteiger charge is 2.32. The van der Waals surface area contributed by atoms with Gasteiger partial charge in [0, 0.05) is 31.1 Å². The number of furan rings is 1. The Morgan fingerprint density at radius 1 is 1.13 bits per heavy atom. The number of carbonyl (C=O) groups excluding carboxylic acids is 2. The van der Waals surface area contributed by atoms with Gasteiger partial charge in [-0.1, -0.05) is 6.92 Å². The summed E-state index contributed by atoms with van der Waals surface area (Å²) in [5.41, 5.74) is -0.363. The van der Waals surface area contributed by atoms with Crippen molar-refractivity contribution in [3.05, 3.63) is 35.6 Å². The first-order valence-electron chi connectivity index (χ1n) is 9.61. The number of rotatable bonds is 3. The van der Waals surface area contributed by atoms with Crippen LogP contribution in [-0.4, -0.2) is 54.3 Å². The van der Waals surface area contributed by atoms with Crippen LogP contribution in [0.5, 0.6) is 0 Å². The fourth-order valence-electron chi connectivity index (χ4n) is 3.51. The maximum Gasteiger partial charge on any atom is 0.416 e. The summed E-state index contributed by atoms with van der Waals surface area (Å²) in [6.45, 7) is 3.88. The van der Waals surface area contributed by atoms with E-state index in [1.165, 1.54) is 12.1 Å². The Morgan fingerprint density at radius 2 is 1.87 bits per heavy atom. The quantitative estimate of drug-likeness (QED) is 0.694. The predicted octanol–water partition coefficient (Wildman–Crippen LogP) is 3.85. The lowest BCUT2D eigenvalue weighted by Gasteiger charge is -2.25. The maximum atomic E-state index is 13.2. The van der Waals surface area contributed by atoms with Gasteiger partial charge < -0.3 is 19.4 Å². The Kier molecular flexibility index (Phi) is 5.19. The van der Waals surface area contributed by atoms with Crippen molar-refractivity contribution in [3.8, 4) is 0 Å². The molecule has 4 rings (SSSR count). The molecule has 1 fully saturated rings. The summed E-state index contributed by atoms with van der Waals surface area (Å²) in [6, 6.07) is 3.94. The molecule has 1 aromatic carbocycles. The lowest BCUT2D eigenvalue weighted by molar-refractivity contribution is -0.137. The van der Waals surface area contributed by atoms with E-state index in [1.807, 2.05) is 6.92 Å². The van der Waals surface area contributed by atoms with Crippen LogP contribution in [0.1, 0.15) is 29.5 Å². The summed E-state index contributed by atoms with van der Waals surface area (Å²) in [4.78, 5) is 27.1. The summed E-state index contributed by atoms with van der Waals surface area (Å²) in [5, 5.41) is 2.99. The zero-order valence-electron chi connectivity index (χ0n) is 16.2. The number of benzene rings is 1. The number of hydrogen-bond acceptors (Lipinski definition) is 4. The summed E-state index contributed by atoms with van der Waals surface area (Å²) in [7, 11) is 0. The van der Waals surface area contributed by atoms with Crippen molar-refractivity contribution in [1.29, 1.82) is 0 Å². The van der Waals surface area contributed by atoms with E-state index >= 15 is 0 Å². The van der Waals surface area contributed by atoms with Gasteiger partial charge in [-0.05, 0) is 24.6 Å². The number of hydrogen-bond donors (Lipinski definition) is 1. The van der Waals surface area contributed by atoms with E-state index in [0.29, 0.717) is 44.7 Å². The van der Waals surface area contributed by atoms with Crippen molar-refractivity contribution < 1.29 is 31.9 Å². The zero-order chi connectivity index (χ0) is 21.5. The molecule has 30 heavy (non-hydrogen) atoms. The van der Waals surface area contributed by atoms with Crippen LogP contribution < -0.4 is 5.32 Å². The first kappa shape index (κ1) is 20.3. The van der Waals surface area contributed by atoms with E-state index < -0.39 is 17.8 Å². The molecule has 0 spiro atoms. The maximum absolute atomic E-state index is 13.2. The summed E-state index contributed by atoms with van der Waals surface area (Å²) >= 11 is 0. The minimum atomic E-state index is -4.55. The Hall–Kier alpha value is -3.01. The van der Waals surface area contributed by atoms with Crippen molar-refractivity contribution >= 4 is 33.9 Å². The van der Waals surface area contributed by atoms with E-state index in [-0.39, 0.29) is 28.3 Å². The molecule has 10 heteroatoms. The van der Waals surface area contributed by atoms with Crippen LogP contribution in [0.4, 0.5) is 18.0 Å². The second kappa shape index (κ2) is 7.67. The first-order valence-corrected chi connectivity index (χ1v) is 9.61. The van der Waals surface area contributed by atoms with Crippen LogP contribution in [0.2, 0.25) is 0 Å². The third kappa shape index (κ3) is 3.51. The molecule has 0 aliphatic carbocycles. The average Bonchev–Trinajstić information content (AvgIpc) is 3.28. The largest absolute Gasteiger partial charge is 0.449 e. The predicted molar refractivity (Wildman–Crippen MR) is 103 cm³/mol. The van der Waals surface area contributed by atoms with Gasteiger partial charge in [-0.2, -0.15) is 13.2 Å². The van der Waals surface area contributed by atoms with E-state index in [9.17, 15) is 22.8 Å². The van der Waals surface area contributed by atoms with Crippen LogP contribution in [0.25, 0.3) is 22.0 Å². The van der Waals surface area contributed by atoms with Gasteiger partial charge in [0.2, 0.25) is 0 Å². The molecule has 0 unspecified atom stereocenters. The molecule has 0 radical (unpaired) electrons. The average molecular weight is 423 g/mol. The second-order valence-corrected chi connectivity index (χ2v) is 7.03. The highest BCUT2D eigenvalue weighted by molar-refractivity contribution is 6.12. The Labute approximate surface area is 169 Å². The molecule has 2 aromatic heterocycles. The van der Waals surface area contributed by atoms with Gasteiger partial charge in [-0.25, -0.2) is 4.79 Å². The normalized spacial score (nSPS) is 15.1. The van der Waals surface area contributed by atoms with Crippen LogP contribution in [0.3, 0.4) is 0 Å². The third-order valence-corrected chi connectivity index (χ3v) is 5.00. The lowest BCUT2D eigenvalue weighted by atomic mass is 10.1. The molecule has 0 bridgehead atoms.